The van der Waals surface area contributed by atoms with Crippen molar-refractivity contribution in [3.8, 4) is 0 Å². The minimum absolute atomic E-state index is 0.248. The van der Waals surface area contributed by atoms with Crippen molar-refractivity contribution in [3.63, 3.8) is 0 Å². The van der Waals surface area contributed by atoms with Crippen LogP contribution < -0.4 is 11.1 Å². The van der Waals surface area contributed by atoms with Crippen molar-refractivity contribution in [2.24, 2.45) is 11.7 Å². The van der Waals surface area contributed by atoms with Gasteiger partial charge in [-0.15, -0.1) is 0 Å². The second-order valence-electron chi connectivity index (χ2n) is 5.90. The minimum atomic E-state index is -0.292. The maximum absolute atomic E-state index is 12.1. The number of hydrogen-bond donors (Lipinski definition) is 2. The molecular weight excluding hydrogens is 314 g/mol. The van der Waals surface area contributed by atoms with Gasteiger partial charge in [0.25, 0.3) is 5.91 Å². The maximum Gasteiger partial charge on any atom is 0.273 e. The van der Waals surface area contributed by atoms with Crippen molar-refractivity contribution in [2.45, 2.75) is 32.7 Å². The average molecular weight is 336 g/mol. The third-order valence-corrected chi connectivity index (χ3v) is 3.80. The number of rotatable bonds is 7. The summed E-state index contributed by atoms with van der Waals surface area (Å²) < 4.78 is 5.31. The number of amides is 1. The summed E-state index contributed by atoms with van der Waals surface area (Å²) in [7, 11) is 0. The first kappa shape index (κ1) is 17.5. The molecule has 23 heavy (non-hydrogen) atoms. The summed E-state index contributed by atoms with van der Waals surface area (Å²) in [6.45, 7) is 4.62. The van der Waals surface area contributed by atoms with Gasteiger partial charge in [0.1, 0.15) is 6.26 Å². The number of carbonyl (C=O) groups excluding carboxylic acids is 1. The molecule has 1 aromatic heterocycles. The highest BCUT2D eigenvalue weighted by atomic mass is 35.5. The molecule has 0 spiro atoms. The Bertz CT molecular complexity index is 655. The van der Waals surface area contributed by atoms with E-state index in [-0.39, 0.29) is 17.6 Å². The van der Waals surface area contributed by atoms with Gasteiger partial charge in [-0.25, -0.2) is 4.98 Å². The van der Waals surface area contributed by atoms with E-state index in [1.54, 1.807) is 0 Å². The first-order chi connectivity index (χ1) is 11.0. The van der Waals surface area contributed by atoms with Crippen LogP contribution >= 0.6 is 11.6 Å². The van der Waals surface area contributed by atoms with Gasteiger partial charge in [-0.3, -0.25) is 4.79 Å². The lowest BCUT2D eigenvalue weighted by Crippen LogP contribution is -2.26. The van der Waals surface area contributed by atoms with Crippen LogP contribution in [-0.2, 0) is 6.42 Å². The number of halogens is 1. The van der Waals surface area contributed by atoms with E-state index in [2.05, 4.69) is 24.1 Å². The van der Waals surface area contributed by atoms with E-state index in [4.69, 9.17) is 21.8 Å². The van der Waals surface area contributed by atoms with Gasteiger partial charge in [-0.05, 0) is 30.4 Å². The fourth-order valence-electron chi connectivity index (χ4n) is 2.27. The van der Waals surface area contributed by atoms with Crippen LogP contribution in [0.1, 0.15) is 48.3 Å². The zero-order chi connectivity index (χ0) is 16.8. The molecule has 1 heterocycles. The molecule has 6 heteroatoms. The Morgan fingerprint density at radius 1 is 1.39 bits per heavy atom. The van der Waals surface area contributed by atoms with E-state index in [9.17, 15) is 4.79 Å². The second-order valence-corrected chi connectivity index (χ2v) is 6.31. The summed E-state index contributed by atoms with van der Waals surface area (Å²) in [5.41, 5.74) is 7.24. The quantitative estimate of drug-likeness (QED) is 0.813. The Morgan fingerprint density at radius 3 is 2.83 bits per heavy atom. The lowest BCUT2D eigenvalue weighted by atomic mass is 10.0. The van der Waals surface area contributed by atoms with Crippen LogP contribution in [0.15, 0.2) is 34.9 Å². The molecule has 0 bridgehead atoms. The van der Waals surface area contributed by atoms with Crippen molar-refractivity contribution in [1.29, 1.82) is 0 Å². The fourth-order valence-corrected chi connectivity index (χ4v) is 2.50. The lowest BCUT2D eigenvalue weighted by Gasteiger charge is -2.09. The van der Waals surface area contributed by atoms with Crippen LogP contribution in [0.3, 0.4) is 0 Å². The Morgan fingerprint density at radius 2 is 2.13 bits per heavy atom. The van der Waals surface area contributed by atoms with E-state index in [1.165, 1.54) is 6.26 Å². The molecule has 0 saturated carbocycles. The van der Waals surface area contributed by atoms with E-state index < -0.39 is 0 Å². The number of aromatic nitrogens is 1. The molecule has 0 saturated heterocycles. The normalized spacial score (nSPS) is 12.4. The van der Waals surface area contributed by atoms with Crippen molar-refractivity contribution < 1.29 is 9.21 Å². The first-order valence-electron chi connectivity index (χ1n) is 7.70. The highest BCUT2D eigenvalue weighted by Crippen LogP contribution is 2.18. The van der Waals surface area contributed by atoms with Crippen molar-refractivity contribution >= 4 is 17.5 Å². The number of nitrogens with two attached hydrogens (primary N) is 1. The molecule has 5 nitrogen and oxygen atoms in total. The Labute approximate surface area is 141 Å². The van der Waals surface area contributed by atoms with Crippen molar-refractivity contribution in [1.82, 2.24) is 10.3 Å². The molecule has 0 fully saturated rings. The van der Waals surface area contributed by atoms with Crippen molar-refractivity contribution in [3.05, 3.63) is 52.7 Å². The van der Waals surface area contributed by atoms with E-state index in [1.807, 2.05) is 24.3 Å². The van der Waals surface area contributed by atoms with Crippen LogP contribution in [-0.4, -0.2) is 17.4 Å². The zero-order valence-corrected chi connectivity index (χ0v) is 14.1. The number of nitrogens with one attached hydrogen (secondary N) is 1. The predicted octanol–water partition coefficient (Wildman–Crippen LogP) is 3.35. The van der Waals surface area contributed by atoms with Crippen molar-refractivity contribution in [2.75, 3.05) is 6.54 Å². The van der Waals surface area contributed by atoms with Gasteiger partial charge in [0, 0.05) is 11.6 Å². The van der Waals surface area contributed by atoms with Gasteiger partial charge in [-0.2, -0.15) is 0 Å². The molecule has 1 amide bonds. The summed E-state index contributed by atoms with van der Waals surface area (Å²) in [6.07, 6.45) is 2.76. The van der Waals surface area contributed by atoms with Gasteiger partial charge >= 0.3 is 0 Å². The molecule has 124 valence electrons. The SMILES string of the molecule is CC(C)CC(N)c1nc(C(=O)NCCc2ccccc2Cl)co1. The van der Waals surface area contributed by atoms with Gasteiger partial charge < -0.3 is 15.5 Å². The van der Waals surface area contributed by atoms with Gasteiger partial charge in [0.2, 0.25) is 5.89 Å². The van der Waals surface area contributed by atoms with E-state index in [0.717, 1.165) is 12.0 Å². The molecule has 3 N–H and O–H groups in total. The van der Waals surface area contributed by atoms with Crippen LogP contribution in [0.5, 0.6) is 0 Å². The second kappa shape index (κ2) is 8.13. The lowest BCUT2D eigenvalue weighted by molar-refractivity contribution is 0.0949. The molecule has 1 aromatic carbocycles. The number of nitrogens with zero attached hydrogens (tertiary/aromatic N) is 1. The number of hydrogen-bond acceptors (Lipinski definition) is 4. The number of benzene rings is 1. The third kappa shape index (κ3) is 5.08. The van der Waals surface area contributed by atoms with Gasteiger partial charge in [0.05, 0.1) is 6.04 Å². The minimum Gasteiger partial charge on any atom is -0.446 e. The largest absolute Gasteiger partial charge is 0.446 e. The first-order valence-corrected chi connectivity index (χ1v) is 8.07. The fraction of sp³-hybridized carbons (Fsp3) is 0.412. The van der Waals surface area contributed by atoms with E-state index in [0.29, 0.717) is 29.8 Å². The zero-order valence-electron chi connectivity index (χ0n) is 13.4. The van der Waals surface area contributed by atoms with Crippen LogP contribution in [0, 0.1) is 5.92 Å². The molecule has 2 rings (SSSR count). The number of carbonyl (C=O) groups is 1. The summed E-state index contributed by atoms with van der Waals surface area (Å²) in [6, 6.07) is 7.27. The predicted molar refractivity (Wildman–Crippen MR) is 90.4 cm³/mol. The standard InChI is InChI=1S/C17H22ClN3O2/c1-11(2)9-14(19)17-21-15(10-23-17)16(22)20-8-7-12-5-3-4-6-13(12)18/h3-6,10-11,14H,7-9,19H2,1-2H3,(H,20,22). The summed E-state index contributed by atoms with van der Waals surface area (Å²) in [5, 5.41) is 3.51. The number of oxazole rings is 1. The summed E-state index contributed by atoms with van der Waals surface area (Å²) in [4.78, 5) is 16.2. The molecule has 0 radical (unpaired) electrons. The maximum atomic E-state index is 12.1. The average Bonchev–Trinajstić information content (AvgIpc) is 2.98. The molecule has 0 aliphatic heterocycles. The van der Waals surface area contributed by atoms with Crippen LogP contribution in [0.2, 0.25) is 5.02 Å². The van der Waals surface area contributed by atoms with Crippen LogP contribution in [0.25, 0.3) is 0 Å². The highest BCUT2D eigenvalue weighted by molar-refractivity contribution is 6.31. The molecule has 2 aromatic rings. The topological polar surface area (TPSA) is 81.1 Å². The third-order valence-electron chi connectivity index (χ3n) is 3.43. The Balaban J connectivity index is 1.87. The summed E-state index contributed by atoms with van der Waals surface area (Å²) in [5.74, 6) is 0.559. The highest BCUT2D eigenvalue weighted by Gasteiger charge is 2.17. The Kier molecular flexibility index (Phi) is 6.19. The Hall–Kier alpha value is -1.85. The van der Waals surface area contributed by atoms with Gasteiger partial charge in [-0.1, -0.05) is 43.6 Å². The van der Waals surface area contributed by atoms with Gasteiger partial charge in [0.15, 0.2) is 5.69 Å². The molecular formula is C17H22ClN3O2. The smallest absolute Gasteiger partial charge is 0.273 e. The van der Waals surface area contributed by atoms with E-state index >= 15 is 0 Å². The molecule has 0 aliphatic carbocycles. The summed E-state index contributed by atoms with van der Waals surface area (Å²) >= 11 is 6.08. The monoisotopic (exact) mass is 335 g/mol. The molecule has 1 unspecified atom stereocenters. The molecule has 1 atom stereocenters. The molecule has 0 aliphatic rings. The van der Waals surface area contributed by atoms with Crippen LogP contribution in [0.4, 0.5) is 0 Å².